The van der Waals surface area contributed by atoms with Gasteiger partial charge in [0.25, 0.3) is 0 Å². The molecule has 3 heterocycles. The van der Waals surface area contributed by atoms with Crippen molar-refractivity contribution in [3.8, 4) is 0 Å². The van der Waals surface area contributed by atoms with Crippen molar-refractivity contribution in [2.75, 3.05) is 5.32 Å². The summed E-state index contributed by atoms with van der Waals surface area (Å²) in [5.74, 6) is 1.70. The van der Waals surface area contributed by atoms with E-state index in [0.29, 0.717) is 0 Å². The van der Waals surface area contributed by atoms with Crippen LogP contribution in [0.5, 0.6) is 0 Å². The largest absolute Gasteiger partial charge is 0.467 e. The molecule has 0 aliphatic carbocycles. The summed E-state index contributed by atoms with van der Waals surface area (Å²) >= 11 is 0. The van der Waals surface area contributed by atoms with Gasteiger partial charge in [0, 0.05) is 6.42 Å². The summed E-state index contributed by atoms with van der Waals surface area (Å²) in [6, 6.07) is 12.8. The van der Waals surface area contributed by atoms with Gasteiger partial charge in [-0.15, -0.1) is 0 Å². The van der Waals surface area contributed by atoms with Crippen molar-refractivity contribution < 1.29 is 4.42 Å². The van der Waals surface area contributed by atoms with Crippen LogP contribution >= 0.6 is 0 Å². The third-order valence-corrected chi connectivity index (χ3v) is 3.98. The SMILES string of the molecule is Cc1ccc([C@H]2C[C@@H](c3ccco3)n3ncnc3N2)cc1. The second-order valence-corrected chi connectivity index (χ2v) is 5.40. The zero-order valence-electron chi connectivity index (χ0n) is 11.7. The zero-order chi connectivity index (χ0) is 14.2. The second kappa shape index (κ2) is 4.77. The maximum Gasteiger partial charge on any atom is 0.222 e. The number of fused-ring (bicyclic) bond motifs is 1. The molecule has 4 rings (SSSR count). The van der Waals surface area contributed by atoms with Crippen molar-refractivity contribution in [2.45, 2.75) is 25.4 Å². The van der Waals surface area contributed by atoms with E-state index in [-0.39, 0.29) is 12.1 Å². The van der Waals surface area contributed by atoms with Crippen molar-refractivity contribution in [3.63, 3.8) is 0 Å². The van der Waals surface area contributed by atoms with E-state index < -0.39 is 0 Å². The first kappa shape index (κ1) is 12.2. The number of aromatic nitrogens is 3. The van der Waals surface area contributed by atoms with Gasteiger partial charge in [0.15, 0.2) is 0 Å². The summed E-state index contributed by atoms with van der Waals surface area (Å²) in [6.07, 6.45) is 4.16. The second-order valence-electron chi connectivity index (χ2n) is 5.40. The summed E-state index contributed by atoms with van der Waals surface area (Å²) in [5, 5.41) is 7.77. The molecule has 0 amide bonds. The fourth-order valence-corrected chi connectivity index (χ4v) is 2.86. The lowest BCUT2D eigenvalue weighted by molar-refractivity contribution is 0.358. The van der Waals surface area contributed by atoms with E-state index in [2.05, 4.69) is 46.6 Å². The van der Waals surface area contributed by atoms with Crippen LogP contribution in [0, 0.1) is 6.92 Å². The highest BCUT2D eigenvalue weighted by Crippen LogP contribution is 2.37. The normalized spacial score (nSPS) is 20.8. The van der Waals surface area contributed by atoms with Crippen molar-refractivity contribution in [2.24, 2.45) is 0 Å². The van der Waals surface area contributed by atoms with Gasteiger partial charge in [-0.05, 0) is 24.6 Å². The molecule has 1 aliphatic heterocycles. The lowest BCUT2D eigenvalue weighted by atomic mass is 9.96. The number of furan rings is 1. The number of benzene rings is 1. The highest BCUT2D eigenvalue weighted by Gasteiger charge is 2.31. The Balaban J connectivity index is 1.72. The van der Waals surface area contributed by atoms with Crippen LogP contribution in [0.1, 0.15) is 35.4 Å². The predicted molar refractivity (Wildman–Crippen MR) is 79.0 cm³/mol. The molecule has 1 N–H and O–H groups in total. The molecule has 0 bridgehead atoms. The molecule has 1 aromatic carbocycles. The zero-order valence-corrected chi connectivity index (χ0v) is 11.7. The summed E-state index contributed by atoms with van der Waals surface area (Å²) in [7, 11) is 0. The Hall–Kier alpha value is -2.56. The molecular formula is C16H16N4O. The summed E-state index contributed by atoms with van der Waals surface area (Å²) in [5.41, 5.74) is 2.52. The number of aryl methyl sites for hydroxylation is 1. The van der Waals surface area contributed by atoms with Crippen LogP contribution in [0.25, 0.3) is 0 Å². The molecule has 1 aliphatic rings. The van der Waals surface area contributed by atoms with Crippen molar-refractivity contribution in [3.05, 3.63) is 65.9 Å². The highest BCUT2D eigenvalue weighted by atomic mass is 16.3. The molecule has 5 nitrogen and oxygen atoms in total. The monoisotopic (exact) mass is 280 g/mol. The summed E-state index contributed by atoms with van der Waals surface area (Å²) in [4.78, 5) is 4.31. The summed E-state index contributed by atoms with van der Waals surface area (Å²) in [6.45, 7) is 2.10. The van der Waals surface area contributed by atoms with Gasteiger partial charge in [-0.3, -0.25) is 0 Å². The molecule has 0 radical (unpaired) electrons. The van der Waals surface area contributed by atoms with Crippen LogP contribution in [0.2, 0.25) is 0 Å². The van der Waals surface area contributed by atoms with E-state index in [1.165, 1.54) is 11.1 Å². The van der Waals surface area contributed by atoms with Crippen LogP contribution in [-0.4, -0.2) is 14.8 Å². The maximum atomic E-state index is 5.59. The minimum absolute atomic E-state index is 0.0741. The lowest BCUT2D eigenvalue weighted by Crippen LogP contribution is -2.27. The van der Waals surface area contributed by atoms with Gasteiger partial charge < -0.3 is 9.73 Å². The summed E-state index contributed by atoms with van der Waals surface area (Å²) < 4.78 is 7.48. The smallest absolute Gasteiger partial charge is 0.222 e. The molecular weight excluding hydrogens is 264 g/mol. The maximum absolute atomic E-state index is 5.59. The molecule has 106 valence electrons. The average Bonchev–Trinajstić information content (AvgIpc) is 3.18. The molecule has 0 unspecified atom stereocenters. The minimum atomic E-state index is 0.0741. The van der Waals surface area contributed by atoms with Gasteiger partial charge >= 0.3 is 0 Å². The Kier molecular flexibility index (Phi) is 2.77. The fourth-order valence-electron chi connectivity index (χ4n) is 2.86. The highest BCUT2D eigenvalue weighted by molar-refractivity contribution is 5.37. The number of nitrogens with one attached hydrogen (secondary N) is 1. The Bertz CT molecular complexity index is 730. The minimum Gasteiger partial charge on any atom is -0.467 e. The molecule has 0 saturated carbocycles. The van der Waals surface area contributed by atoms with E-state index in [1.54, 1.807) is 12.6 Å². The van der Waals surface area contributed by atoms with Crippen LogP contribution in [0.4, 0.5) is 5.95 Å². The Morgan fingerprint density at radius 1 is 1.24 bits per heavy atom. The molecule has 0 fully saturated rings. The van der Waals surface area contributed by atoms with E-state index in [4.69, 9.17) is 4.42 Å². The topological polar surface area (TPSA) is 55.9 Å². The van der Waals surface area contributed by atoms with E-state index in [9.17, 15) is 0 Å². The molecule has 21 heavy (non-hydrogen) atoms. The standard InChI is InChI=1S/C16H16N4O/c1-11-4-6-12(7-5-11)13-9-14(15-3-2-8-21-15)20-16(19-13)17-10-18-20/h2-8,10,13-14H,9H2,1H3,(H,17,18,19)/t13-,14+/m1/s1. The van der Waals surface area contributed by atoms with E-state index >= 15 is 0 Å². The number of hydrogen-bond acceptors (Lipinski definition) is 4. The molecule has 0 spiro atoms. The quantitative estimate of drug-likeness (QED) is 0.782. The van der Waals surface area contributed by atoms with Gasteiger partial charge in [0.1, 0.15) is 18.1 Å². The Morgan fingerprint density at radius 3 is 2.86 bits per heavy atom. The number of anilines is 1. The predicted octanol–water partition coefficient (Wildman–Crippen LogP) is 3.33. The fraction of sp³-hybridized carbons (Fsp3) is 0.250. The van der Waals surface area contributed by atoms with E-state index in [0.717, 1.165) is 18.1 Å². The van der Waals surface area contributed by atoms with Crippen molar-refractivity contribution >= 4 is 5.95 Å². The first-order valence-corrected chi connectivity index (χ1v) is 7.07. The van der Waals surface area contributed by atoms with Gasteiger partial charge in [0.05, 0.1) is 12.3 Å². The van der Waals surface area contributed by atoms with Gasteiger partial charge in [0.2, 0.25) is 5.95 Å². The third kappa shape index (κ3) is 2.11. The lowest BCUT2D eigenvalue weighted by Gasteiger charge is -2.30. The number of hydrogen-bond donors (Lipinski definition) is 1. The van der Waals surface area contributed by atoms with Gasteiger partial charge in [-0.1, -0.05) is 29.8 Å². The van der Waals surface area contributed by atoms with Gasteiger partial charge in [-0.2, -0.15) is 10.1 Å². The number of rotatable bonds is 2. The van der Waals surface area contributed by atoms with Gasteiger partial charge in [-0.25, -0.2) is 4.68 Å². The molecule has 2 aromatic heterocycles. The van der Waals surface area contributed by atoms with Crippen LogP contribution < -0.4 is 5.32 Å². The van der Waals surface area contributed by atoms with Crippen molar-refractivity contribution in [1.29, 1.82) is 0 Å². The van der Waals surface area contributed by atoms with Crippen LogP contribution in [-0.2, 0) is 0 Å². The van der Waals surface area contributed by atoms with Crippen LogP contribution in [0.15, 0.2) is 53.4 Å². The first-order chi connectivity index (χ1) is 10.3. The first-order valence-electron chi connectivity index (χ1n) is 7.07. The molecule has 3 aromatic rings. The third-order valence-electron chi connectivity index (χ3n) is 3.98. The molecule has 2 atom stereocenters. The average molecular weight is 280 g/mol. The Labute approximate surface area is 122 Å². The number of nitrogens with zero attached hydrogens (tertiary/aromatic N) is 3. The molecule has 5 heteroatoms. The Morgan fingerprint density at radius 2 is 2.10 bits per heavy atom. The molecule has 0 saturated heterocycles. The van der Waals surface area contributed by atoms with Crippen LogP contribution in [0.3, 0.4) is 0 Å². The van der Waals surface area contributed by atoms with Crippen molar-refractivity contribution in [1.82, 2.24) is 14.8 Å². The van der Waals surface area contributed by atoms with E-state index in [1.807, 2.05) is 16.8 Å².